The van der Waals surface area contributed by atoms with Gasteiger partial charge in [0, 0.05) is 18.5 Å². The van der Waals surface area contributed by atoms with Gasteiger partial charge in [-0.15, -0.1) is 10.2 Å². The summed E-state index contributed by atoms with van der Waals surface area (Å²) in [5, 5.41) is 10.9. The van der Waals surface area contributed by atoms with Gasteiger partial charge in [0.1, 0.15) is 0 Å². The number of hydrogen-bond acceptors (Lipinski definition) is 5. The van der Waals surface area contributed by atoms with Gasteiger partial charge in [-0.1, -0.05) is 20.8 Å². The van der Waals surface area contributed by atoms with E-state index in [2.05, 4.69) is 15.5 Å². The van der Waals surface area contributed by atoms with Gasteiger partial charge < -0.3 is 9.73 Å². The number of amides is 1. The molecular weight excluding hydrogens is 232 g/mol. The van der Waals surface area contributed by atoms with Gasteiger partial charge in [-0.2, -0.15) is 0 Å². The maximum absolute atomic E-state index is 11.5. The third-order valence-electron chi connectivity index (χ3n) is 3.07. The van der Waals surface area contributed by atoms with Gasteiger partial charge in [-0.25, -0.2) is 0 Å². The predicted molar refractivity (Wildman–Crippen MR) is 65.9 cm³/mol. The fraction of sp³-hybridized carbons (Fsp3) is 0.750. The molecule has 1 saturated heterocycles. The van der Waals surface area contributed by atoms with Crippen LogP contribution in [0, 0.1) is 0 Å². The maximum atomic E-state index is 11.5. The largest absolute Gasteiger partial charge is 0.423 e. The lowest BCUT2D eigenvalue weighted by molar-refractivity contribution is -0.128. The summed E-state index contributed by atoms with van der Waals surface area (Å²) >= 11 is 0. The molecule has 1 amide bonds. The average molecular weight is 252 g/mol. The van der Waals surface area contributed by atoms with Crippen molar-refractivity contribution in [1.29, 1.82) is 0 Å². The van der Waals surface area contributed by atoms with Crippen molar-refractivity contribution < 1.29 is 9.21 Å². The van der Waals surface area contributed by atoms with Gasteiger partial charge in [0.15, 0.2) is 0 Å². The van der Waals surface area contributed by atoms with E-state index in [-0.39, 0.29) is 17.4 Å². The number of hydrogen-bond donors (Lipinski definition) is 1. The van der Waals surface area contributed by atoms with Crippen LogP contribution in [0.1, 0.15) is 39.5 Å². The van der Waals surface area contributed by atoms with Gasteiger partial charge >= 0.3 is 0 Å². The maximum Gasteiger partial charge on any atom is 0.237 e. The van der Waals surface area contributed by atoms with Crippen LogP contribution in [0.25, 0.3) is 0 Å². The number of nitrogens with one attached hydrogen (secondary N) is 1. The van der Waals surface area contributed by atoms with E-state index in [9.17, 15) is 4.79 Å². The van der Waals surface area contributed by atoms with Crippen molar-refractivity contribution in [3.63, 3.8) is 0 Å². The molecule has 6 heteroatoms. The van der Waals surface area contributed by atoms with Crippen LogP contribution in [-0.2, 0) is 16.8 Å². The molecule has 2 rings (SSSR count). The number of nitrogens with zero attached hydrogens (tertiary/aromatic N) is 3. The topological polar surface area (TPSA) is 71.3 Å². The molecule has 0 aromatic carbocycles. The van der Waals surface area contributed by atoms with Crippen LogP contribution in [0.15, 0.2) is 4.42 Å². The van der Waals surface area contributed by atoms with Crippen LogP contribution in [0.4, 0.5) is 0 Å². The summed E-state index contributed by atoms with van der Waals surface area (Å²) in [7, 11) is 0. The summed E-state index contributed by atoms with van der Waals surface area (Å²) in [6, 6.07) is -0.149. The molecule has 1 aromatic heterocycles. The Morgan fingerprint density at radius 1 is 1.44 bits per heavy atom. The molecule has 18 heavy (non-hydrogen) atoms. The number of carbonyl (C=O) groups is 1. The highest BCUT2D eigenvalue weighted by Gasteiger charge is 2.28. The second-order valence-corrected chi connectivity index (χ2v) is 5.69. The highest BCUT2D eigenvalue weighted by atomic mass is 16.4. The smallest absolute Gasteiger partial charge is 0.237 e. The van der Waals surface area contributed by atoms with E-state index >= 15 is 0 Å². The van der Waals surface area contributed by atoms with Crippen LogP contribution in [0.5, 0.6) is 0 Å². The minimum atomic E-state index is -0.149. The van der Waals surface area contributed by atoms with E-state index < -0.39 is 0 Å². The lowest BCUT2D eigenvalue weighted by Crippen LogP contribution is -2.53. The Labute approximate surface area is 107 Å². The Morgan fingerprint density at radius 2 is 2.17 bits per heavy atom. The van der Waals surface area contributed by atoms with E-state index in [4.69, 9.17) is 4.42 Å². The summed E-state index contributed by atoms with van der Waals surface area (Å²) in [5.41, 5.74) is -0.143. The summed E-state index contributed by atoms with van der Waals surface area (Å²) in [5.74, 6) is 1.25. The summed E-state index contributed by atoms with van der Waals surface area (Å²) in [6.45, 7) is 9.97. The van der Waals surface area contributed by atoms with Crippen molar-refractivity contribution in [1.82, 2.24) is 20.4 Å². The normalized spacial score (nSPS) is 22.0. The molecule has 1 N–H and O–H groups in total. The fourth-order valence-corrected chi connectivity index (χ4v) is 1.84. The molecule has 1 unspecified atom stereocenters. The third kappa shape index (κ3) is 2.69. The van der Waals surface area contributed by atoms with Crippen molar-refractivity contribution in [2.75, 3.05) is 13.1 Å². The van der Waals surface area contributed by atoms with E-state index in [0.29, 0.717) is 24.9 Å². The van der Waals surface area contributed by atoms with Crippen LogP contribution < -0.4 is 5.32 Å². The molecule has 100 valence electrons. The second-order valence-electron chi connectivity index (χ2n) is 5.69. The van der Waals surface area contributed by atoms with Gasteiger partial charge in [0.2, 0.25) is 17.7 Å². The number of rotatable bonds is 2. The lowest BCUT2D eigenvalue weighted by Gasteiger charge is -2.31. The van der Waals surface area contributed by atoms with Crippen LogP contribution in [-0.4, -0.2) is 40.1 Å². The van der Waals surface area contributed by atoms with Gasteiger partial charge in [-0.3, -0.25) is 9.69 Å². The Kier molecular flexibility index (Phi) is 3.38. The first-order valence-corrected chi connectivity index (χ1v) is 6.22. The summed E-state index contributed by atoms with van der Waals surface area (Å²) < 4.78 is 5.64. The predicted octanol–water partition coefficient (Wildman–Crippen LogP) is 0.687. The molecule has 6 nitrogen and oxygen atoms in total. The van der Waals surface area contributed by atoms with Crippen molar-refractivity contribution >= 4 is 5.91 Å². The first-order valence-electron chi connectivity index (χ1n) is 6.22. The molecule has 1 aliphatic heterocycles. The number of piperazine rings is 1. The molecule has 1 aromatic rings. The van der Waals surface area contributed by atoms with Gasteiger partial charge in [0.05, 0.1) is 12.6 Å². The zero-order valence-corrected chi connectivity index (χ0v) is 11.4. The Balaban J connectivity index is 2.05. The highest BCUT2D eigenvalue weighted by molar-refractivity contribution is 5.81. The SMILES string of the molecule is CC1C(=O)NCCN1Cc1nnc(C(C)(C)C)o1. The van der Waals surface area contributed by atoms with Crippen LogP contribution in [0.2, 0.25) is 0 Å². The first kappa shape index (κ1) is 13.0. The molecule has 0 saturated carbocycles. The third-order valence-corrected chi connectivity index (χ3v) is 3.07. The number of aromatic nitrogens is 2. The minimum absolute atomic E-state index is 0.0526. The van der Waals surface area contributed by atoms with Crippen molar-refractivity contribution in [3.8, 4) is 0 Å². The Morgan fingerprint density at radius 3 is 2.78 bits per heavy atom. The zero-order valence-electron chi connectivity index (χ0n) is 11.4. The molecular formula is C12H20N4O2. The molecule has 0 radical (unpaired) electrons. The van der Waals surface area contributed by atoms with Crippen LogP contribution >= 0.6 is 0 Å². The Hall–Kier alpha value is -1.43. The quantitative estimate of drug-likeness (QED) is 0.838. The monoisotopic (exact) mass is 252 g/mol. The van der Waals surface area contributed by atoms with E-state index in [1.54, 1.807) is 0 Å². The van der Waals surface area contributed by atoms with Gasteiger partial charge in [0.25, 0.3) is 0 Å². The molecule has 0 spiro atoms. The molecule has 2 heterocycles. The minimum Gasteiger partial charge on any atom is -0.423 e. The van der Waals surface area contributed by atoms with Crippen molar-refractivity contribution in [2.45, 2.75) is 45.7 Å². The summed E-state index contributed by atoms with van der Waals surface area (Å²) in [6.07, 6.45) is 0. The van der Waals surface area contributed by atoms with Crippen molar-refractivity contribution in [2.24, 2.45) is 0 Å². The van der Waals surface area contributed by atoms with E-state index in [1.807, 2.05) is 32.6 Å². The molecule has 1 fully saturated rings. The molecule has 1 atom stereocenters. The molecule has 0 bridgehead atoms. The fourth-order valence-electron chi connectivity index (χ4n) is 1.84. The standard InChI is InChI=1S/C12H20N4O2/c1-8-10(17)13-5-6-16(8)7-9-14-15-11(18-9)12(2,3)4/h8H,5-7H2,1-4H3,(H,13,17). The zero-order chi connectivity index (χ0) is 13.3. The van der Waals surface area contributed by atoms with E-state index in [1.165, 1.54) is 0 Å². The lowest BCUT2D eigenvalue weighted by atomic mass is 9.97. The van der Waals surface area contributed by atoms with Crippen LogP contribution in [0.3, 0.4) is 0 Å². The van der Waals surface area contributed by atoms with Gasteiger partial charge in [-0.05, 0) is 6.92 Å². The Bertz CT molecular complexity index is 436. The molecule has 0 aliphatic carbocycles. The van der Waals surface area contributed by atoms with Crippen molar-refractivity contribution in [3.05, 3.63) is 11.8 Å². The molecule has 1 aliphatic rings. The first-order chi connectivity index (χ1) is 8.38. The number of carbonyl (C=O) groups excluding carboxylic acids is 1. The van der Waals surface area contributed by atoms with E-state index in [0.717, 1.165) is 6.54 Å². The second kappa shape index (κ2) is 4.68. The average Bonchev–Trinajstić information content (AvgIpc) is 2.73. The summed E-state index contributed by atoms with van der Waals surface area (Å²) in [4.78, 5) is 13.6. The highest BCUT2D eigenvalue weighted by Crippen LogP contribution is 2.21.